The molecule has 0 saturated heterocycles. The van der Waals surface area contributed by atoms with Gasteiger partial charge in [-0.1, -0.05) is 17.7 Å². The van der Waals surface area contributed by atoms with Crippen LogP contribution in [0, 0.1) is 20.8 Å². The van der Waals surface area contributed by atoms with Gasteiger partial charge in [0.2, 0.25) is 10.0 Å². The Morgan fingerprint density at radius 2 is 1.59 bits per heavy atom. The monoisotopic (exact) mass is 432 g/mol. The average Bonchev–Trinajstić information content (AvgIpc) is 2.49. The molecule has 0 radical (unpaired) electrons. The van der Waals surface area contributed by atoms with Gasteiger partial charge in [0.1, 0.15) is 5.75 Å². The van der Waals surface area contributed by atoms with Gasteiger partial charge in [0.15, 0.2) is 0 Å². The Hall–Kier alpha value is -1.97. The number of hydrogen-bond donors (Lipinski definition) is 2. The summed E-state index contributed by atoms with van der Waals surface area (Å²) in [5.74, 6) is 0.418. The molecule has 0 aliphatic carbocycles. The molecule has 0 spiro atoms. The van der Waals surface area contributed by atoms with Gasteiger partial charge in [0.25, 0.3) is 10.0 Å². The molecule has 0 bridgehead atoms. The van der Waals surface area contributed by atoms with Crippen LogP contribution in [0.25, 0.3) is 0 Å². The van der Waals surface area contributed by atoms with Gasteiger partial charge in [-0.3, -0.25) is 9.44 Å². The van der Waals surface area contributed by atoms with E-state index in [0.717, 1.165) is 6.26 Å². The molecule has 2 N–H and O–H groups in total. The first-order valence-electron chi connectivity index (χ1n) is 7.80. The summed E-state index contributed by atoms with van der Waals surface area (Å²) in [6, 6.07) is 6.13. The van der Waals surface area contributed by atoms with Crippen LogP contribution in [0.15, 0.2) is 29.2 Å². The van der Waals surface area contributed by atoms with Crippen molar-refractivity contribution in [1.82, 2.24) is 0 Å². The number of aryl methyl sites for hydroxylation is 2. The number of rotatable bonds is 6. The standard InChI is InChI=1S/C17H21ClN2O5S2/c1-10-8-11(2)17(12(3)16(10)20-26(5,21)22)27(23,24)19-13-6-7-15(25-4)14(18)9-13/h6-9,19-20H,1-5H3. The van der Waals surface area contributed by atoms with Gasteiger partial charge < -0.3 is 4.74 Å². The van der Waals surface area contributed by atoms with Crippen LogP contribution in [0.1, 0.15) is 16.7 Å². The summed E-state index contributed by atoms with van der Waals surface area (Å²) in [7, 11) is -6.10. The molecule has 7 nitrogen and oxygen atoms in total. The molecule has 0 atom stereocenters. The van der Waals surface area contributed by atoms with Gasteiger partial charge in [0, 0.05) is 0 Å². The van der Waals surface area contributed by atoms with E-state index in [-0.39, 0.29) is 21.3 Å². The molecule has 0 heterocycles. The minimum atomic E-state index is -3.99. The van der Waals surface area contributed by atoms with Crippen LogP contribution in [0.3, 0.4) is 0 Å². The fourth-order valence-corrected chi connectivity index (χ4v) is 5.33. The highest BCUT2D eigenvalue weighted by molar-refractivity contribution is 7.93. The molecule has 0 aromatic heterocycles. The maximum absolute atomic E-state index is 13.0. The predicted molar refractivity (Wildman–Crippen MR) is 108 cm³/mol. The van der Waals surface area contributed by atoms with E-state index in [9.17, 15) is 16.8 Å². The van der Waals surface area contributed by atoms with Crippen LogP contribution < -0.4 is 14.2 Å². The number of halogens is 1. The Kier molecular flexibility index (Phi) is 5.98. The molecule has 27 heavy (non-hydrogen) atoms. The third-order valence-corrected chi connectivity index (χ3v) is 6.40. The van der Waals surface area contributed by atoms with E-state index >= 15 is 0 Å². The van der Waals surface area contributed by atoms with Gasteiger partial charge in [-0.2, -0.15) is 0 Å². The fourth-order valence-electron chi connectivity index (χ4n) is 2.86. The second kappa shape index (κ2) is 7.57. The largest absolute Gasteiger partial charge is 0.495 e. The maximum Gasteiger partial charge on any atom is 0.262 e. The van der Waals surface area contributed by atoms with Gasteiger partial charge in [0.05, 0.1) is 34.7 Å². The third-order valence-electron chi connectivity index (χ3n) is 3.86. The highest BCUT2D eigenvalue weighted by Gasteiger charge is 2.24. The van der Waals surface area contributed by atoms with E-state index in [1.807, 2.05) is 0 Å². The van der Waals surface area contributed by atoms with E-state index in [1.54, 1.807) is 32.9 Å². The first-order chi connectivity index (χ1) is 12.4. The first kappa shape index (κ1) is 21.3. The molecule has 0 saturated carbocycles. The van der Waals surface area contributed by atoms with E-state index in [0.29, 0.717) is 22.4 Å². The maximum atomic E-state index is 13.0. The summed E-state index contributed by atoms with van der Waals surface area (Å²) >= 11 is 6.05. The smallest absolute Gasteiger partial charge is 0.262 e. The topological polar surface area (TPSA) is 102 Å². The third kappa shape index (κ3) is 4.85. The van der Waals surface area contributed by atoms with Crippen molar-refractivity contribution in [3.8, 4) is 5.75 Å². The van der Waals surface area contributed by atoms with Gasteiger partial charge in [-0.15, -0.1) is 0 Å². The summed E-state index contributed by atoms with van der Waals surface area (Å²) in [6.07, 6.45) is 1.01. The van der Waals surface area contributed by atoms with E-state index in [2.05, 4.69) is 9.44 Å². The number of ether oxygens (including phenoxy) is 1. The van der Waals surface area contributed by atoms with Crippen molar-refractivity contribution < 1.29 is 21.6 Å². The number of sulfonamides is 2. The molecule has 2 rings (SSSR count). The predicted octanol–water partition coefficient (Wildman–Crippen LogP) is 3.45. The number of methoxy groups -OCH3 is 1. The Morgan fingerprint density at radius 3 is 2.11 bits per heavy atom. The van der Waals surface area contributed by atoms with E-state index < -0.39 is 20.0 Å². The van der Waals surface area contributed by atoms with Crippen molar-refractivity contribution in [2.75, 3.05) is 22.8 Å². The molecule has 2 aromatic rings. The van der Waals surface area contributed by atoms with Crippen molar-refractivity contribution >= 4 is 43.0 Å². The van der Waals surface area contributed by atoms with Gasteiger partial charge >= 0.3 is 0 Å². The lowest BCUT2D eigenvalue weighted by atomic mass is 10.1. The summed E-state index contributed by atoms with van der Waals surface area (Å²) < 4.78 is 59.1. The molecular weight excluding hydrogens is 412 g/mol. The molecule has 0 unspecified atom stereocenters. The lowest BCUT2D eigenvalue weighted by Gasteiger charge is -2.19. The number of anilines is 2. The minimum absolute atomic E-state index is 0.00573. The van der Waals surface area contributed by atoms with Crippen LogP contribution in [0.5, 0.6) is 5.75 Å². The highest BCUT2D eigenvalue weighted by atomic mass is 35.5. The van der Waals surface area contributed by atoms with Crippen molar-refractivity contribution in [3.05, 3.63) is 46.0 Å². The van der Waals surface area contributed by atoms with E-state index in [4.69, 9.17) is 16.3 Å². The zero-order valence-electron chi connectivity index (χ0n) is 15.5. The molecule has 2 aromatic carbocycles. The van der Waals surface area contributed by atoms with Crippen molar-refractivity contribution in [2.24, 2.45) is 0 Å². The molecular formula is C17H21ClN2O5S2. The number of benzene rings is 2. The summed E-state index contributed by atoms with van der Waals surface area (Å²) in [6.45, 7) is 4.92. The van der Waals surface area contributed by atoms with Crippen LogP contribution in [-0.4, -0.2) is 30.2 Å². The first-order valence-corrected chi connectivity index (χ1v) is 11.6. The molecule has 0 fully saturated rings. The van der Waals surface area contributed by atoms with Gasteiger partial charge in [-0.05, 0) is 55.7 Å². The van der Waals surface area contributed by atoms with Gasteiger partial charge in [-0.25, -0.2) is 16.8 Å². The number of hydrogen-bond acceptors (Lipinski definition) is 5. The summed E-state index contributed by atoms with van der Waals surface area (Å²) in [5.41, 5.74) is 1.94. The van der Waals surface area contributed by atoms with Crippen LogP contribution in [-0.2, 0) is 20.0 Å². The molecule has 0 aliphatic heterocycles. The minimum Gasteiger partial charge on any atom is -0.495 e. The lowest BCUT2D eigenvalue weighted by Crippen LogP contribution is -2.19. The fraction of sp³-hybridized carbons (Fsp3) is 0.294. The second-order valence-corrected chi connectivity index (χ2v) is 9.94. The van der Waals surface area contributed by atoms with Crippen molar-refractivity contribution in [1.29, 1.82) is 0 Å². The van der Waals surface area contributed by atoms with Crippen LogP contribution in [0.4, 0.5) is 11.4 Å². The lowest BCUT2D eigenvalue weighted by molar-refractivity contribution is 0.415. The molecule has 0 aliphatic rings. The van der Waals surface area contributed by atoms with E-state index in [1.165, 1.54) is 19.2 Å². The number of nitrogens with one attached hydrogen (secondary N) is 2. The summed E-state index contributed by atoms with van der Waals surface area (Å²) in [4.78, 5) is 0.00573. The van der Waals surface area contributed by atoms with Crippen LogP contribution in [0.2, 0.25) is 5.02 Å². The molecule has 0 amide bonds. The Labute approximate surface area is 164 Å². The molecule has 10 heteroatoms. The normalized spacial score (nSPS) is 11.9. The Morgan fingerprint density at radius 1 is 0.963 bits per heavy atom. The SMILES string of the molecule is COc1ccc(NS(=O)(=O)c2c(C)cc(C)c(NS(C)(=O)=O)c2C)cc1Cl. The average molecular weight is 433 g/mol. The molecule has 148 valence electrons. The van der Waals surface area contributed by atoms with Crippen molar-refractivity contribution in [2.45, 2.75) is 25.7 Å². The zero-order chi connectivity index (χ0) is 20.6. The highest BCUT2D eigenvalue weighted by Crippen LogP contribution is 2.33. The Bertz CT molecular complexity index is 1100. The second-order valence-electron chi connectivity index (χ2n) is 6.17. The summed E-state index contributed by atoms with van der Waals surface area (Å²) in [5, 5.41) is 0.259. The van der Waals surface area contributed by atoms with Crippen LogP contribution >= 0.6 is 11.6 Å². The zero-order valence-corrected chi connectivity index (χ0v) is 17.9. The van der Waals surface area contributed by atoms with Crippen molar-refractivity contribution in [3.63, 3.8) is 0 Å². The quantitative estimate of drug-likeness (QED) is 0.727. The Balaban J connectivity index is 2.55.